The molecule has 0 aromatic carbocycles. The van der Waals surface area contributed by atoms with Crippen molar-refractivity contribution in [2.75, 3.05) is 12.3 Å². The maximum Gasteiger partial charge on any atom is 0.474 e. The zero-order valence-electron chi connectivity index (χ0n) is 30.7. The van der Waals surface area contributed by atoms with Crippen molar-refractivity contribution in [2.45, 2.75) is 193 Å². The Morgan fingerprint density at radius 3 is 1.37 bits per heavy atom. The number of unbranched alkanes of at least 4 members (excludes halogenated alkanes) is 14. The van der Waals surface area contributed by atoms with Gasteiger partial charge in [0.15, 0.2) is 0 Å². The molecule has 0 fully saturated rings. The van der Waals surface area contributed by atoms with E-state index in [9.17, 15) is 32.1 Å². The van der Waals surface area contributed by atoms with Crippen molar-refractivity contribution in [1.29, 1.82) is 0 Å². The summed E-state index contributed by atoms with van der Waals surface area (Å²) in [5.74, 6) is -0.178. The van der Waals surface area contributed by atoms with E-state index in [-0.39, 0.29) is 35.5 Å². The summed E-state index contributed by atoms with van der Waals surface area (Å²) in [7, 11) is -8.12. The molecule has 0 radical (unpaired) electrons. The van der Waals surface area contributed by atoms with Crippen molar-refractivity contribution in [2.24, 2.45) is 5.92 Å². The van der Waals surface area contributed by atoms with Gasteiger partial charge in [0.2, 0.25) is 0 Å². The molecule has 0 spiro atoms. The van der Waals surface area contributed by atoms with Crippen LogP contribution in [-0.4, -0.2) is 57.6 Å². The summed E-state index contributed by atoms with van der Waals surface area (Å²) in [6, 6.07) is 0. The molecule has 0 aliphatic carbocycles. The van der Waals surface area contributed by atoms with E-state index in [1.807, 2.05) is 0 Å². The largest absolute Gasteiger partial charge is 0.474 e. The van der Waals surface area contributed by atoms with E-state index in [2.05, 4.69) is 13.8 Å². The lowest BCUT2D eigenvalue weighted by Crippen LogP contribution is -2.48. The van der Waals surface area contributed by atoms with Crippen LogP contribution in [0.4, 0.5) is 13.2 Å². The molecule has 0 bridgehead atoms. The van der Waals surface area contributed by atoms with Gasteiger partial charge >= 0.3 is 21.5 Å². The Kier molecular flexibility index (Phi) is 29.1. The van der Waals surface area contributed by atoms with Gasteiger partial charge in [-0.25, -0.2) is 0 Å². The van der Waals surface area contributed by atoms with E-state index in [0.29, 0.717) is 32.1 Å². The number of hydrogen-bond donors (Lipinski definition) is 4. The predicted octanol–water partition coefficient (Wildman–Crippen LogP) is 12.7. The fourth-order valence-electron chi connectivity index (χ4n) is 5.77. The molecule has 2 atom stereocenters. The van der Waals surface area contributed by atoms with Crippen molar-refractivity contribution < 1.29 is 41.9 Å². The van der Waals surface area contributed by atoms with Gasteiger partial charge in [-0.1, -0.05) is 123 Å². The summed E-state index contributed by atoms with van der Waals surface area (Å²) in [5.41, 5.74) is -1.85. The van der Waals surface area contributed by atoms with Crippen LogP contribution >= 0.6 is 50.5 Å². The third-order valence-corrected chi connectivity index (χ3v) is 12.3. The van der Waals surface area contributed by atoms with Crippen LogP contribution in [0.3, 0.4) is 0 Å². The normalized spacial score (nSPS) is 15.0. The summed E-state index contributed by atoms with van der Waals surface area (Å²) in [6.45, 7) is 9.33. The maximum atomic E-state index is 13.5. The van der Waals surface area contributed by atoms with E-state index >= 15 is 0 Å². The minimum atomic E-state index is -4.63. The fraction of sp³-hybridized carbons (Fsp3) is 1.00. The number of rotatable bonds is 29. The highest BCUT2D eigenvalue weighted by atomic mass is 35.5. The zero-order valence-corrected chi connectivity index (χ0v) is 34.8. The molecule has 0 heterocycles. The second-order valence-corrected chi connectivity index (χ2v) is 19.2. The van der Waals surface area contributed by atoms with Crippen molar-refractivity contribution in [3.63, 3.8) is 0 Å². The third-order valence-electron chi connectivity index (χ3n) is 9.03. The molecule has 0 aliphatic heterocycles. The number of hydrogen-bond acceptors (Lipinski definition) is 4. The van der Waals surface area contributed by atoms with Crippen LogP contribution < -0.4 is 0 Å². The summed E-state index contributed by atoms with van der Waals surface area (Å²) in [5, 5.41) is 0. The number of halogens is 6. The first kappa shape index (κ1) is 52.0. The molecule has 0 rings (SSSR count). The Balaban J connectivity index is 0. The third kappa shape index (κ3) is 31.0. The average Bonchev–Trinajstić information content (AvgIpc) is 2.97. The van der Waals surface area contributed by atoms with E-state index in [1.165, 1.54) is 57.8 Å². The summed E-state index contributed by atoms with van der Waals surface area (Å²) >= 11 is 16.7. The molecular weight excluding hydrogens is 746 g/mol. The van der Waals surface area contributed by atoms with Crippen LogP contribution in [-0.2, 0) is 9.13 Å². The van der Waals surface area contributed by atoms with Gasteiger partial charge in [-0.3, -0.25) is 9.13 Å². The Hall–Kier alpha value is 0.880. The quantitative estimate of drug-likeness (QED) is 0.0255. The molecule has 0 aromatic rings. The Bertz CT molecular complexity index is 913. The van der Waals surface area contributed by atoms with Gasteiger partial charge < -0.3 is 19.6 Å². The highest BCUT2D eigenvalue weighted by Gasteiger charge is 2.47. The fourth-order valence-corrected chi connectivity index (χ4v) is 7.99. The second-order valence-electron chi connectivity index (χ2n) is 14.5. The van der Waals surface area contributed by atoms with Gasteiger partial charge in [-0.15, -0.1) is 8.36 Å². The topological polar surface area (TPSA) is 122 Å². The first-order chi connectivity index (χ1) is 22.5. The van der Waals surface area contributed by atoms with Crippen LogP contribution in [0.5, 0.6) is 0 Å². The van der Waals surface area contributed by atoms with Crippen LogP contribution in [0.1, 0.15) is 176 Å². The molecule has 0 saturated heterocycles. The highest BCUT2D eigenvalue weighted by Crippen LogP contribution is 2.42. The van der Waals surface area contributed by atoms with Gasteiger partial charge in [-0.2, -0.15) is 13.2 Å². The Morgan fingerprint density at radius 1 is 0.592 bits per heavy atom. The van der Waals surface area contributed by atoms with Crippen LogP contribution in [0.2, 0.25) is 0 Å². The SMILES string of the molecule is CC(C)(CCP(=O)(O)O)N(Cl)Cl.CCCCCCCCCCC(CCCC(C)(CCCCCCCCCC)N(Cl)C(F)(F)F)CP(=O)(O)O. The molecule has 0 amide bonds. The minimum Gasteiger partial charge on any atom is -0.324 e. The maximum absolute atomic E-state index is 13.5. The second kappa shape index (κ2) is 27.5. The lowest BCUT2D eigenvalue weighted by Gasteiger charge is -2.38. The van der Waals surface area contributed by atoms with Gasteiger partial charge in [-0.05, 0) is 94.1 Å². The minimum absolute atomic E-state index is 0.0395. The zero-order chi connectivity index (χ0) is 38.2. The molecule has 0 saturated carbocycles. The molecule has 2 unspecified atom stereocenters. The first-order valence-electron chi connectivity index (χ1n) is 18.2. The lowest BCUT2D eigenvalue weighted by atomic mass is 9.86. The monoisotopic (exact) mass is 812 g/mol. The predicted molar refractivity (Wildman–Crippen MR) is 200 cm³/mol. The molecule has 16 heteroatoms. The first-order valence-corrected chi connectivity index (χ1v) is 22.9. The summed E-state index contributed by atoms with van der Waals surface area (Å²) in [4.78, 5) is 36.2. The molecule has 49 heavy (non-hydrogen) atoms. The van der Waals surface area contributed by atoms with Crippen molar-refractivity contribution in [3.05, 3.63) is 0 Å². The van der Waals surface area contributed by atoms with Crippen LogP contribution in [0, 0.1) is 5.92 Å². The van der Waals surface area contributed by atoms with E-state index < -0.39 is 32.6 Å². The van der Waals surface area contributed by atoms with Crippen LogP contribution in [0.15, 0.2) is 0 Å². The van der Waals surface area contributed by atoms with Gasteiger partial charge in [0.25, 0.3) is 0 Å². The molecular formula is C33H68Cl3F3N2O6P2. The van der Waals surface area contributed by atoms with E-state index in [4.69, 9.17) is 45.1 Å². The molecule has 8 nitrogen and oxygen atoms in total. The molecule has 0 aliphatic rings. The van der Waals surface area contributed by atoms with Crippen LogP contribution in [0.25, 0.3) is 0 Å². The van der Waals surface area contributed by atoms with Crippen molar-refractivity contribution in [3.8, 4) is 0 Å². The van der Waals surface area contributed by atoms with Crippen molar-refractivity contribution >= 4 is 50.5 Å². The van der Waals surface area contributed by atoms with Gasteiger partial charge in [0, 0.05) is 11.1 Å². The van der Waals surface area contributed by atoms with Crippen molar-refractivity contribution in [1.82, 2.24) is 8.36 Å². The lowest BCUT2D eigenvalue weighted by molar-refractivity contribution is -0.238. The Morgan fingerprint density at radius 2 is 0.980 bits per heavy atom. The Labute approximate surface area is 311 Å². The summed E-state index contributed by atoms with van der Waals surface area (Å²) in [6.07, 6.45) is 15.2. The van der Waals surface area contributed by atoms with E-state index in [0.717, 1.165) is 42.5 Å². The molecule has 4 N–H and O–H groups in total. The highest BCUT2D eigenvalue weighted by molar-refractivity contribution is 7.52. The number of nitrogens with zero attached hydrogens (tertiary/aromatic N) is 2. The van der Waals surface area contributed by atoms with E-state index in [1.54, 1.807) is 20.8 Å². The van der Waals surface area contributed by atoms with Gasteiger partial charge in [0.1, 0.15) is 0 Å². The summed E-state index contributed by atoms with van der Waals surface area (Å²) < 4.78 is 63.7. The van der Waals surface area contributed by atoms with Gasteiger partial charge in [0.05, 0.1) is 12.3 Å². The average molecular weight is 814 g/mol. The number of alkyl halides is 3. The standard InChI is InChI=1S/C28H56ClF3NO3P.C5H12Cl2NO3P/c1-4-6-8-10-12-14-16-18-21-26(25-37(34,35)36)22-20-24-27(3,33(29)28(30,31)32)23-19-17-15-13-11-9-7-5-2;1-5(2,8(6)7)3-4-12(9,10)11/h26H,4-25H2,1-3H3,(H2,34,35,36);3-4H2,1-2H3,(H2,9,10,11). The molecule has 298 valence electrons. The smallest absolute Gasteiger partial charge is 0.324 e. The molecule has 0 aromatic heterocycles.